The van der Waals surface area contributed by atoms with E-state index >= 15 is 0 Å². The summed E-state index contributed by atoms with van der Waals surface area (Å²) in [7, 11) is -3.44. The van der Waals surface area contributed by atoms with E-state index in [0.29, 0.717) is 10.2 Å². The first kappa shape index (κ1) is 17.3. The minimum Gasteiger partial charge on any atom is -0.325 e. The summed E-state index contributed by atoms with van der Waals surface area (Å²) in [4.78, 5) is 11.9. The number of hydrogen-bond donors (Lipinski definition) is 1. The number of nitrogens with one attached hydrogen (secondary N) is 1. The fourth-order valence-corrected chi connectivity index (χ4v) is 3.40. The molecular formula is C12H16BrFNO4P. The number of rotatable bonds is 7. The summed E-state index contributed by atoms with van der Waals surface area (Å²) >= 11 is 3.13. The van der Waals surface area contributed by atoms with Gasteiger partial charge in [-0.3, -0.25) is 9.36 Å². The second-order valence-electron chi connectivity index (χ2n) is 3.78. The van der Waals surface area contributed by atoms with Gasteiger partial charge in [0.2, 0.25) is 5.91 Å². The molecule has 1 aromatic rings. The van der Waals surface area contributed by atoms with E-state index in [1.165, 1.54) is 18.2 Å². The lowest BCUT2D eigenvalue weighted by Gasteiger charge is -2.16. The molecular weight excluding hydrogens is 352 g/mol. The van der Waals surface area contributed by atoms with E-state index in [2.05, 4.69) is 21.2 Å². The first-order valence-electron chi connectivity index (χ1n) is 6.03. The van der Waals surface area contributed by atoms with Crippen molar-refractivity contribution in [2.45, 2.75) is 13.8 Å². The van der Waals surface area contributed by atoms with Gasteiger partial charge in [-0.2, -0.15) is 0 Å². The van der Waals surface area contributed by atoms with Gasteiger partial charge in [-0.25, -0.2) is 4.39 Å². The molecule has 0 radical (unpaired) electrons. The lowest BCUT2D eigenvalue weighted by Crippen LogP contribution is -2.18. The zero-order chi connectivity index (χ0) is 15.2. The van der Waals surface area contributed by atoms with Crippen molar-refractivity contribution in [2.24, 2.45) is 0 Å². The number of amides is 1. The first-order chi connectivity index (χ1) is 9.40. The first-order valence-corrected chi connectivity index (χ1v) is 8.55. The Morgan fingerprint density at radius 1 is 1.35 bits per heavy atom. The van der Waals surface area contributed by atoms with Gasteiger partial charge in [-0.05, 0) is 48.0 Å². The van der Waals surface area contributed by atoms with Crippen LogP contribution < -0.4 is 5.32 Å². The molecule has 0 saturated heterocycles. The SMILES string of the molecule is CCOP(=O)(CC(=O)Nc1ccc(F)cc1Br)OCC. The molecule has 0 aliphatic heterocycles. The van der Waals surface area contributed by atoms with Gasteiger partial charge in [-0.1, -0.05) is 0 Å². The molecule has 0 aromatic heterocycles. The quantitative estimate of drug-likeness (QED) is 0.744. The summed E-state index contributed by atoms with van der Waals surface area (Å²) < 4.78 is 35.6. The number of hydrogen-bond acceptors (Lipinski definition) is 4. The van der Waals surface area contributed by atoms with Crippen molar-refractivity contribution in [1.82, 2.24) is 0 Å². The highest BCUT2D eigenvalue weighted by molar-refractivity contribution is 9.10. The summed E-state index contributed by atoms with van der Waals surface area (Å²) in [6, 6.07) is 3.84. The molecule has 0 heterocycles. The molecule has 0 saturated carbocycles. The smallest absolute Gasteiger partial charge is 0.325 e. The number of carbonyl (C=O) groups is 1. The van der Waals surface area contributed by atoms with Gasteiger partial charge in [-0.15, -0.1) is 0 Å². The molecule has 1 N–H and O–H groups in total. The highest BCUT2D eigenvalue weighted by Crippen LogP contribution is 2.47. The van der Waals surface area contributed by atoms with Gasteiger partial charge in [0.05, 0.1) is 18.9 Å². The van der Waals surface area contributed by atoms with Crippen molar-refractivity contribution >= 4 is 35.1 Å². The second-order valence-corrected chi connectivity index (χ2v) is 6.69. The largest absolute Gasteiger partial charge is 0.340 e. The molecule has 0 aliphatic rings. The third-order valence-electron chi connectivity index (χ3n) is 2.19. The van der Waals surface area contributed by atoms with Crippen LogP contribution in [0.1, 0.15) is 13.8 Å². The highest BCUT2D eigenvalue weighted by atomic mass is 79.9. The Bertz CT molecular complexity index is 516. The van der Waals surface area contributed by atoms with E-state index in [1.54, 1.807) is 13.8 Å². The van der Waals surface area contributed by atoms with Crippen molar-refractivity contribution < 1.29 is 22.8 Å². The van der Waals surface area contributed by atoms with Crippen LogP contribution in [-0.4, -0.2) is 25.3 Å². The van der Waals surface area contributed by atoms with Crippen molar-refractivity contribution in [2.75, 3.05) is 24.7 Å². The summed E-state index contributed by atoms with van der Waals surface area (Å²) in [6.45, 7) is 3.70. The van der Waals surface area contributed by atoms with Gasteiger partial charge < -0.3 is 14.4 Å². The molecule has 1 aromatic carbocycles. The zero-order valence-electron chi connectivity index (χ0n) is 11.2. The normalized spacial score (nSPS) is 11.4. The molecule has 1 amide bonds. The van der Waals surface area contributed by atoms with Crippen molar-refractivity contribution in [3.05, 3.63) is 28.5 Å². The fraction of sp³-hybridized carbons (Fsp3) is 0.417. The minimum atomic E-state index is -3.44. The summed E-state index contributed by atoms with van der Waals surface area (Å²) in [5, 5.41) is 2.53. The van der Waals surface area contributed by atoms with Gasteiger partial charge in [0.15, 0.2) is 0 Å². The van der Waals surface area contributed by atoms with Gasteiger partial charge in [0.1, 0.15) is 12.0 Å². The summed E-state index contributed by atoms with van der Waals surface area (Å²) in [6.07, 6.45) is -0.390. The van der Waals surface area contributed by atoms with E-state index in [-0.39, 0.29) is 13.2 Å². The van der Waals surface area contributed by atoms with Crippen LogP contribution in [0.3, 0.4) is 0 Å². The molecule has 1 rings (SSSR count). The van der Waals surface area contributed by atoms with E-state index in [0.717, 1.165) is 0 Å². The monoisotopic (exact) mass is 367 g/mol. The molecule has 5 nitrogen and oxygen atoms in total. The molecule has 0 bridgehead atoms. The summed E-state index contributed by atoms with van der Waals surface area (Å²) in [5.74, 6) is -0.952. The van der Waals surface area contributed by atoms with Gasteiger partial charge >= 0.3 is 7.60 Å². The van der Waals surface area contributed by atoms with Crippen LogP contribution in [0.4, 0.5) is 10.1 Å². The average Bonchev–Trinajstić information content (AvgIpc) is 2.33. The van der Waals surface area contributed by atoms with Gasteiger partial charge in [0.25, 0.3) is 0 Å². The van der Waals surface area contributed by atoms with Crippen molar-refractivity contribution in [3.63, 3.8) is 0 Å². The van der Waals surface area contributed by atoms with E-state index in [1.807, 2.05) is 0 Å². The lowest BCUT2D eigenvalue weighted by molar-refractivity contribution is -0.114. The maximum Gasteiger partial charge on any atom is 0.340 e. The minimum absolute atomic E-state index is 0.185. The predicted molar refractivity (Wildman–Crippen MR) is 78.5 cm³/mol. The Labute approximate surface area is 125 Å². The maximum absolute atomic E-state index is 12.9. The summed E-state index contributed by atoms with van der Waals surface area (Å²) in [5.41, 5.74) is 0.385. The maximum atomic E-state index is 12.9. The fourth-order valence-electron chi connectivity index (χ4n) is 1.48. The standard InChI is InChI=1S/C12H16BrFNO4P/c1-3-18-20(17,19-4-2)8-12(16)15-11-6-5-9(14)7-10(11)13/h5-7H,3-4,8H2,1-2H3,(H,15,16). The number of halogens is 2. The zero-order valence-corrected chi connectivity index (χ0v) is 13.7. The molecule has 0 fully saturated rings. The molecule has 0 aliphatic carbocycles. The Kier molecular flexibility index (Phi) is 6.82. The highest BCUT2D eigenvalue weighted by Gasteiger charge is 2.27. The Balaban J connectivity index is 2.73. The van der Waals surface area contributed by atoms with Crippen molar-refractivity contribution in [3.8, 4) is 0 Å². The third-order valence-corrected chi connectivity index (χ3v) is 4.83. The van der Waals surface area contributed by atoms with Crippen LogP contribution >= 0.6 is 23.5 Å². The topological polar surface area (TPSA) is 64.6 Å². The van der Waals surface area contributed by atoms with Crippen LogP contribution in [0.2, 0.25) is 0 Å². The molecule has 20 heavy (non-hydrogen) atoms. The van der Waals surface area contributed by atoms with Crippen LogP contribution in [0.5, 0.6) is 0 Å². The molecule has 112 valence electrons. The number of carbonyl (C=O) groups excluding carboxylic acids is 1. The Morgan fingerprint density at radius 2 is 1.95 bits per heavy atom. The van der Waals surface area contributed by atoms with Crippen molar-refractivity contribution in [1.29, 1.82) is 0 Å². The lowest BCUT2D eigenvalue weighted by atomic mass is 10.3. The van der Waals surface area contributed by atoms with E-state index in [4.69, 9.17) is 9.05 Å². The third kappa shape index (κ3) is 5.32. The van der Waals surface area contributed by atoms with E-state index in [9.17, 15) is 13.8 Å². The second kappa shape index (κ2) is 7.88. The molecule has 0 atom stereocenters. The Morgan fingerprint density at radius 3 is 2.45 bits per heavy atom. The van der Waals surface area contributed by atoms with E-state index < -0.39 is 25.5 Å². The van der Waals surface area contributed by atoms with Gasteiger partial charge in [0, 0.05) is 4.47 Å². The van der Waals surface area contributed by atoms with Crippen LogP contribution in [0, 0.1) is 5.82 Å². The Hall–Kier alpha value is -0.750. The molecule has 0 spiro atoms. The molecule has 0 unspecified atom stereocenters. The number of benzene rings is 1. The predicted octanol–water partition coefficient (Wildman–Crippen LogP) is 3.79. The van der Waals surface area contributed by atoms with Crippen LogP contribution in [0.25, 0.3) is 0 Å². The van der Waals surface area contributed by atoms with Crippen LogP contribution in [0.15, 0.2) is 22.7 Å². The number of anilines is 1. The van der Waals surface area contributed by atoms with Crippen LogP contribution in [-0.2, 0) is 18.4 Å². The average molecular weight is 368 g/mol. The molecule has 8 heteroatoms.